The molecule has 0 aliphatic carbocycles. The molecule has 2 N–H and O–H groups in total. The lowest BCUT2D eigenvalue weighted by Gasteiger charge is -2.15. The van der Waals surface area contributed by atoms with Gasteiger partial charge in [0.1, 0.15) is 4.34 Å². The average Bonchev–Trinajstić information content (AvgIpc) is 3.04. The van der Waals surface area contributed by atoms with Crippen molar-refractivity contribution in [3.8, 4) is 0 Å². The Balaban J connectivity index is 1.97. The number of esters is 1. The Hall–Kier alpha value is -2.39. The second-order valence-electron chi connectivity index (χ2n) is 6.37. The van der Waals surface area contributed by atoms with Gasteiger partial charge in [0.05, 0.1) is 5.56 Å². The Morgan fingerprint density at radius 2 is 1.93 bits per heavy atom. The quantitative estimate of drug-likeness (QED) is 0.524. The molecule has 2 aromatic rings. The molecule has 0 aliphatic heterocycles. The zero-order valence-corrected chi connectivity index (χ0v) is 17.8. The Kier molecular flexibility index (Phi) is 8.01. The van der Waals surface area contributed by atoms with Gasteiger partial charge in [0.15, 0.2) is 6.10 Å². The van der Waals surface area contributed by atoms with Crippen LogP contribution in [-0.4, -0.2) is 35.0 Å². The molecule has 0 radical (unpaired) electrons. The highest BCUT2D eigenvalue weighted by atomic mass is 32.2. The van der Waals surface area contributed by atoms with Crippen molar-refractivity contribution in [2.75, 3.05) is 0 Å². The lowest BCUT2D eigenvalue weighted by Crippen LogP contribution is -2.46. The van der Waals surface area contributed by atoms with Crippen LogP contribution < -0.4 is 10.6 Å². The fourth-order valence-corrected chi connectivity index (χ4v) is 4.03. The van der Waals surface area contributed by atoms with Gasteiger partial charge in [-0.2, -0.15) is 0 Å². The summed E-state index contributed by atoms with van der Waals surface area (Å²) < 4.78 is 6.17. The number of imide groups is 1. The van der Waals surface area contributed by atoms with E-state index in [0.29, 0.717) is 11.3 Å². The van der Waals surface area contributed by atoms with Crippen molar-refractivity contribution in [2.24, 2.45) is 0 Å². The second kappa shape index (κ2) is 10.2. The van der Waals surface area contributed by atoms with Crippen LogP contribution in [0.4, 0.5) is 4.79 Å². The number of hydrogen-bond acceptors (Lipinski definition) is 7. The number of benzene rings is 1. The summed E-state index contributed by atoms with van der Waals surface area (Å²) in [4.78, 5) is 40.6. The van der Waals surface area contributed by atoms with E-state index < -0.39 is 24.0 Å². The summed E-state index contributed by atoms with van der Waals surface area (Å²) in [6.07, 6.45) is -1.10. The number of thiazole rings is 1. The first-order valence-electron chi connectivity index (χ1n) is 8.71. The fraction of sp³-hybridized carbons (Fsp3) is 0.368. The van der Waals surface area contributed by atoms with Crippen LogP contribution in [0.25, 0.3) is 0 Å². The van der Waals surface area contributed by atoms with Crippen LogP contribution in [-0.2, 0) is 15.3 Å². The third-order valence-electron chi connectivity index (χ3n) is 3.50. The lowest BCUT2D eigenvalue weighted by atomic mass is 10.1. The van der Waals surface area contributed by atoms with Crippen molar-refractivity contribution in [3.63, 3.8) is 0 Å². The summed E-state index contributed by atoms with van der Waals surface area (Å²) in [7, 11) is 0. The molecule has 7 nitrogen and oxygen atoms in total. The van der Waals surface area contributed by atoms with E-state index in [9.17, 15) is 14.4 Å². The van der Waals surface area contributed by atoms with Crippen LogP contribution in [0.3, 0.4) is 0 Å². The van der Waals surface area contributed by atoms with Crippen molar-refractivity contribution in [3.05, 3.63) is 46.5 Å². The molecule has 2 rings (SSSR count). The standard InChI is InChI=1S/C19H23N3O4S2/c1-11(2)20-18(25)22-16(23)13(4)26-17(24)15-8-6-5-7-14(15)10-28-19-21-12(3)9-27-19/h5-9,11,13H,10H2,1-4H3,(H2,20,22,23,25)/t13-/m1/s1. The maximum Gasteiger partial charge on any atom is 0.339 e. The number of rotatable bonds is 7. The number of ether oxygens (including phenoxy) is 1. The van der Waals surface area contributed by atoms with Crippen LogP contribution in [0.2, 0.25) is 0 Å². The number of aryl methyl sites for hydroxylation is 1. The largest absolute Gasteiger partial charge is 0.449 e. The van der Waals surface area contributed by atoms with Crippen LogP contribution in [0.5, 0.6) is 0 Å². The summed E-state index contributed by atoms with van der Waals surface area (Å²) in [5.74, 6) is -0.745. The predicted molar refractivity (Wildman–Crippen MR) is 110 cm³/mol. The molecule has 1 aromatic heterocycles. The number of nitrogens with zero attached hydrogens (tertiary/aromatic N) is 1. The Labute approximate surface area is 172 Å². The van der Waals surface area contributed by atoms with Crippen molar-refractivity contribution < 1.29 is 19.1 Å². The fourth-order valence-electron chi connectivity index (χ4n) is 2.17. The Bertz CT molecular complexity index is 851. The molecule has 0 saturated carbocycles. The van der Waals surface area contributed by atoms with Crippen molar-refractivity contribution in [2.45, 2.75) is 49.9 Å². The van der Waals surface area contributed by atoms with Gasteiger partial charge in [0.2, 0.25) is 0 Å². The van der Waals surface area contributed by atoms with E-state index in [1.807, 2.05) is 24.4 Å². The van der Waals surface area contributed by atoms with Gasteiger partial charge in [0.25, 0.3) is 5.91 Å². The highest BCUT2D eigenvalue weighted by Gasteiger charge is 2.22. The van der Waals surface area contributed by atoms with E-state index in [4.69, 9.17) is 4.74 Å². The molecular weight excluding hydrogens is 398 g/mol. The SMILES string of the molecule is Cc1csc(SCc2ccccc2C(=O)O[C@H](C)C(=O)NC(=O)NC(C)C)n1. The maximum absolute atomic E-state index is 12.5. The molecule has 150 valence electrons. The van der Waals surface area contributed by atoms with Gasteiger partial charge in [-0.25, -0.2) is 14.6 Å². The molecule has 1 heterocycles. The number of hydrogen-bond donors (Lipinski definition) is 2. The first-order valence-corrected chi connectivity index (χ1v) is 10.6. The lowest BCUT2D eigenvalue weighted by molar-refractivity contribution is -0.127. The van der Waals surface area contributed by atoms with E-state index in [-0.39, 0.29) is 6.04 Å². The van der Waals surface area contributed by atoms with E-state index in [0.717, 1.165) is 15.6 Å². The molecule has 0 saturated heterocycles. The molecular formula is C19H23N3O4S2. The number of thioether (sulfide) groups is 1. The topological polar surface area (TPSA) is 97.4 Å². The molecule has 28 heavy (non-hydrogen) atoms. The minimum absolute atomic E-state index is 0.114. The van der Waals surface area contributed by atoms with E-state index >= 15 is 0 Å². The average molecular weight is 422 g/mol. The summed E-state index contributed by atoms with van der Waals surface area (Å²) in [5.41, 5.74) is 2.13. The van der Waals surface area contributed by atoms with Gasteiger partial charge < -0.3 is 10.1 Å². The molecule has 0 fully saturated rings. The van der Waals surface area contributed by atoms with Crippen LogP contribution >= 0.6 is 23.1 Å². The Morgan fingerprint density at radius 1 is 1.21 bits per heavy atom. The molecule has 9 heteroatoms. The third-order valence-corrected chi connectivity index (χ3v) is 5.68. The van der Waals surface area contributed by atoms with Gasteiger partial charge in [-0.05, 0) is 39.3 Å². The van der Waals surface area contributed by atoms with Gasteiger partial charge >= 0.3 is 12.0 Å². The van der Waals surface area contributed by atoms with Crippen molar-refractivity contribution >= 4 is 41.0 Å². The summed E-state index contributed by atoms with van der Waals surface area (Å²) in [6.45, 7) is 6.90. The van der Waals surface area contributed by atoms with Crippen LogP contribution in [0, 0.1) is 6.92 Å². The van der Waals surface area contributed by atoms with E-state index in [1.165, 1.54) is 18.7 Å². The summed E-state index contributed by atoms with van der Waals surface area (Å²) in [6, 6.07) is 6.33. The van der Waals surface area contributed by atoms with Gasteiger partial charge in [0, 0.05) is 22.9 Å². The first-order chi connectivity index (χ1) is 13.3. The van der Waals surface area contributed by atoms with E-state index in [1.54, 1.807) is 37.3 Å². The number of aromatic nitrogens is 1. The minimum Gasteiger partial charge on any atom is -0.449 e. The third kappa shape index (κ3) is 6.65. The van der Waals surface area contributed by atoms with Crippen molar-refractivity contribution in [1.82, 2.24) is 15.6 Å². The number of nitrogens with one attached hydrogen (secondary N) is 2. The van der Waals surface area contributed by atoms with Gasteiger partial charge in [-0.1, -0.05) is 30.0 Å². The van der Waals surface area contributed by atoms with Gasteiger partial charge in [-0.15, -0.1) is 11.3 Å². The maximum atomic E-state index is 12.5. The molecule has 3 amide bonds. The molecule has 0 unspecified atom stereocenters. The smallest absolute Gasteiger partial charge is 0.339 e. The predicted octanol–water partition coefficient (Wildman–Crippen LogP) is 3.52. The monoisotopic (exact) mass is 421 g/mol. The van der Waals surface area contributed by atoms with Crippen LogP contribution in [0.15, 0.2) is 34.0 Å². The number of carbonyl (C=O) groups is 3. The van der Waals surface area contributed by atoms with E-state index in [2.05, 4.69) is 15.6 Å². The van der Waals surface area contributed by atoms with Crippen molar-refractivity contribution in [1.29, 1.82) is 0 Å². The molecule has 0 spiro atoms. The first kappa shape index (κ1) is 21.9. The molecule has 0 aliphatic rings. The summed E-state index contributed by atoms with van der Waals surface area (Å²) in [5, 5.41) is 6.66. The Morgan fingerprint density at radius 3 is 2.57 bits per heavy atom. The second-order valence-corrected chi connectivity index (χ2v) is 8.45. The van der Waals surface area contributed by atoms with Crippen LogP contribution in [0.1, 0.15) is 42.4 Å². The van der Waals surface area contributed by atoms with Gasteiger partial charge in [-0.3, -0.25) is 10.1 Å². The molecule has 0 bridgehead atoms. The zero-order chi connectivity index (χ0) is 20.7. The zero-order valence-electron chi connectivity index (χ0n) is 16.1. The molecule has 1 aromatic carbocycles. The summed E-state index contributed by atoms with van der Waals surface area (Å²) >= 11 is 3.08. The number of urea groups is 1. The highest BCUT2D eigenvalue weighted by molar-refractivity contribution is 8.00. The molecule has 1 atom stereocenters. The highest BCUT2D eigenvalue weighted by Crippen LogP contribution is 2.27. The minimum atomic E-state index is -1.10. The number of amides is 3. The normalized spacial score (nSPS) is 11.8. The number of carbonyl (C=O) groups excluding carboxylic acids is 3.